The molecule has 1 spiro atoms. The highest BCUT2D eigenvalue weighted by Gasteiger charge is 2.61. The number of fused-ring (bicyclic) bond motifs is 2. The molecule has 3 aliphatic rings. The summed E-state index contributed by atoms with van der Waals surface area (Å²) in [7, 11) is -1.45. The summed E-state index contributed by atoms with van der Waals surface area (Å²) in [6, 6.07) is 0. The van der Waals surface area contributed by atoms with Gasteiger partial charge in [0.2, 0.25) is 10.0 Å². The molecule has 0 bridgehead atoms. The Labute approximate surface area is 139 Å². The molecule has 0 aromatic heterocycles. The highest BCUT2D eigenvalue weighted by atomic mass is 32.2. The molecule has 130 valence electrons. The van der Waals surface area contributed by atoms with Gasteiger partial charge in [0.25, 0.3) is 5.91 Å². The van der Waals surface area contributed by atoms with Crippen molar-refractivity contribution in [1.82, 2.24) is 9.21 Å². The fraction of sp³-hybridized carbons (Fsp3) is 0.875. The van der Waals surface area contributed by atoms with E-state index >= 15 is 0 Å². The van der Waals surface area contributed by atoms with E-state index in [1.54, 1.807) is 16.3 Å². The fourth-order valence-electron chi connectivity index (χ4n) is 4.49. The van der Waals surface area contributed by atoms with Crippen molar-refractivity contribution in [2.24, 2.45) is 22.7 Å². The van der Waals surface area contributed by atoms with Crippen LogP contribution in [0.15, 0.2) is 4.99 Å². The molecule has 1 amide bonds. The van der Waals surface area contributed by atoms with Gasteiger partial charge in [-0.15, -0.1) is 0 Å². The van der Waals surface area contributed by atoms with Gasteiger partial charge < -0.3 is 4.90 Å². The maximum atomic E-state index is 12.8. The molecule has 3 atom stereocenters. The van der Waals surface area contributed by atoms with Crippen molar-refractivity contribution < 1.29 is 13.2 Å². The maximum Gasteiger partial charge on any atom is 0.255 e. The van der Waals surface area contributed by atoms with Crippen molar-refractivity contribution in [2.75, 3.05) is 25.9 Å². The molecule has 1 saturated carbocycles. The van der Waals surface area contributed by atoms with E-state index < -0.39 is 15.6 Å². The molecule has 2 aliphatic heterocycles. The van der Waals surface area contributed by atoms with Crippen molar-refractivity contribution in [3.8, 4) is 0 Å². The Bertz CT molecular complexity index is 643. The number of amidine groups is 1. The van der Waals surface area contributed by atoms with Crippen LogP contribution in [0, 0.1) is 17.8 Å². The predicted molar refractivity (Wildman–Crippen MR) is 89.6 cm³/mol. The first-order valence-electron chi connectivity index (χ1n) is 8.56. The molecular formula is C16H27N3O3S. The quantitative estimate of drug-likeness (QED) is 0.775. The molecule has 0 N–H and O–H groups in total. The molecule has 7 heteroatoms. The van der Waals surface area contributed by atoms with Gasteiger partial charge in [-0.25, -0.2) is 12.7 Å². The summed E-state index contributed by atoms with van der Waals surface area (Å²) < 4.78 is 26.7. The third kappa shape index (κ3) is 2.52. The van der Waals surface area contributed by atoms with Gasteiger partial charge >= 0.3 is 0 Å². The average molecular weight is 341 g/mol. The molecule has 2 fully saturated rings. The number of carbonyl (C=O) groups is 1. The Morgan fingerprint density at radius 2 is 2.04 bits per heavy atom. The first-order chi connectivity index (χ1) is 10.7. The van der Waals surface area contributed by atoms with Crippen LogP contribution in [-0.4, -0.2) is 60.8 Å². The van der Waals surface area contributed by atoms with Crippen molar-refractivity contribution in [3.05, 3.63) is 0 Å². The highest BCUT2D eigenvalue weighted by molar-refractivity contribution is 7.89. The molecule has 0 unspecified atom stereocenters. The number of carbonyl (C=O) groups excluding carboxylic acids is 1. The zero-order valence-electron chi connectivity index (χ0n) is 14.4. The van der Waals surface area contributed by atoms with Gasteiger partial charge in [-0.05, 0) is 24.7 Å². The third-order valence-corrected chi connectivity index (χ3v) is 7.73. The number of rotatable bonds is 4. The van der Waals surface area contributed by atoms with Gasteiger partial charge in [0.1, 0.15) is 11.4 Å². The van der Waals surface area contributed by atoms with E-state index in [4.69, 9.17) is 4.99 Å². The van der Waals surface area contributed by atoms with Crippen molar-refractivity contribution in [3.63, 3.8) is 0 Å². The molecule has 3 rings (SSSR count). The second-order valence-electron chi connectivity index (χ2n) is 7.56. The number of amides is 1. The lowest BCUT2D eigenvalue weighted by atomic mass is 9.85. The van der Waals surface area contributed by atoms with E-state index in [1.165, 1.54) is 0 Å². The first kappa shape index (κ1) is 16.9. The monoisotopic (exact) mass is 341 g/mol. The van der Waals surface area contributed by atoms with E-state index in [1.807, 2.05) is 20.8 Å². The Morgan fingerprint density at radius 3 is 2.61 bits per heavy atom. The lowest BCUT2D eigenvalue weighted by molar-refractivity contribution is -0.131. The predicted octanol–water partition coefficient (Wildman–Crippen LogP) is 1.33. The number of likely N-dealkylation sites (N-methyl/N-ethyl adjacent to an activating group) is 1. The second-order valence-corrected chi connectivity index (χ2v) is 9.58. The average Bonchev–Trinajstić information content (AvgIpc) is 3.08. The van der Waals surface area contributed by atoms with Gasteiger partial charge in [0, 0.05) is 32.5 Å². The molecule has 2 heterocycles. The highest BCUT2D eigenvalue weighted by Crippen LogP contribution is 2.50. The summed E-state index contributed by atoms with van der Waals surface area (Å²) in [5, 5.41) is 0. The SMILES string of the molecule is CCC1=N[C@@]2(CC[C@@H]3CN(S(=O)(=O)CC(C)C)C[C@@H]32)C(=O)N1C. The molecular weight excluding hydrogens is 314 g/mol. The Hall–Kier alpha value is -0.950. The molecule has 0 radical (unpaired) electrons. The summed E-state index contributed by atoms with van der Waals surface area (Å²) in [5.74, 6) is 1.47. The minimum absolute atomic E-state index is 0.0310. The largest absolute Gasteiger partial charge is 0.302 e. The van der Waals surface area contributed by atoms with Gasteiger partial charge in [0.15, 0.2) is 0 Å². The Morgan fingerprint density at radius 1 is 1.35 bits per heavy atom. The fourth-order valence-corrected chi connectivity index (χ4v) is 6.35. The van der Waals surface area contributed by atoms with Crippen molar-refractivity contribution >= 4 is 21.8 Å². The van der Waals surface area contributed by atoms with E-state index in [0.29, 0.717) is 13.1 Å². The number of sulfonamides is 1. The lowest BCUT2D eigenvalue weighted by Crippen LogP contribution is -2.46. The van der Waals surface area contributed by atoms with Gasteiger partial charge in [-0.2, -0.15) is 0 Å². The number of nitrogens with zero attached hydrogens (tertiary/aromatic N) is 3. The van der Waals surface area contributed by atoms with Crippen LogP contribution in [0.25, 0.3) is 0 Å². The van der Waals surface area contributed by atoms with Crippen LogP contribution in [-0.2, 0) is 14.8 Å². The summed E-state index contributed by atoms with van der Waals surface area (Å²) >= 11 is 0. The summed E-state index contributed by atoms with van der Waals surface area (Å²) in [6.45, 7) is 6.84. The zero-order valence-corrected chi connectivity index (χ0v) is 15.3. The van der Waals surface area contributed by atoms with Crippen LogP contribution in [0.5, 0.6) is 0 Å². The number of hydrogen-bond donors (Lipinski definition) is 0. The molecule has 1 aliphatic carbocycles. The smallest absolute Gasteiger partial charge is 0.255 e. The van der Waals surface area contributed by atoms with E-state index in [2.05, 4.69) is 0 Å². The second kappa shape index (κ2) is 5.55. The van der Waals surface area contributed by atoms with E-state index in [0.717, 1.165) is 25.1 Å². The summed E-state index contributed by atoms with van der Waals surface area (Å²) in [4.78, 5) is 19.3. The number of hydrogen-bond acceptors (Lipinski definition) is 4. The maximum absolute atomic E-state index is 12.8. The van der Waals surface area contributed by atoms with Gasteiger partial charge in [0.05, 0.1) is 5.75 Å². The lowest BCUT2D eigenvalue weighted by Gasteiger charge is -2.27. The Kier molecular flexibility index (Phi) is 4.08. The van der Waals surface area contributed by atoms with Crippen LogP contribution in [0.1, 0.15) is 40.0 Å². The summed E-state index contributed by atoms with van der Waals surface area (Å²) in [6.07, 6.45) is 2.38. The van der Waals surface area contributed by atoms with Gasteiger partial charge in [-0.1, -0.05) is 20.8 Å². The molecule has 0 aromatic rings. The first-order valence-corrected chi connectivity index (χ1v) is 10.2. The van der Waals surface area contributed by atoms with Crippen LogP contribution >= 0.6 is 0 Å². The van der Waals surface area contributed by atoms with Crippen LogP contribution in [0.3, 0.4) is 0 Å². The Balaban J connectivity index is 1.86. The molecule has 23 heavy (non-hydrogen) atoms. The standard InChI is InChI=1S/C16H27N3O3S/c1-5-14-17-16(15(20)18(14)4)7-6-12-8-19(9-13(12)16)23(21,22)10-11(2)3/h11-13H,5-10H2,1-4H3/t12-,13+,16-/m1/s1. The van der Waals surface area contributed by atoms with Crippen molar-refractivity contribution in [2.45, 2.75) is 45.6 Å². The minimum Gasteiger partial charge on any atom is -0.302 e. The third-order valence-electron chi connectivity index (χ3n) is 5.56. The van der Waals surface area contributed by atoms with Crippen LogP contribution in [0.4, 0.5) is 0 Å². The number of aliphatic imine (C=N–C) groups is 1. The van der Waals surface area contributed by atoms with E-state index in [-0.39, 0.29) is 29.4 Å². The van der Waals surface area contributed by atoms with Crippen LogP contribution in [0.2, 0.25) is 0 Å². The van der Waals surface area contributed by atoms with Crippen molar-refractivity contribution in [1.29, 1.82) is 0 Å². The van der Waals surface area contributed by atoms with Crippen LogP contribution < -0.4 is 0 Å². The zero-order chi connectivity index (χ0) is 17.0. The molecule has 6 nitrogen and oxygen atoms in total. The summed E-state index contributed by atoms with van der Waals surface area (Å²) in [5.41, 5.74) is -0.702. The van der Waals surface area contributed by atoms with Gasteiger partial charge in [-0.3, -0.25) is 9.79 Å². The topological polar surface area (TPSA) is 70.0 Å². The minimum atomic E-state index is -3.24. The molecule has 1 saturated heterocycles. The molecule has 0 aromatic carbocycles. The van der Waals surface area contributed by atoms with E-state index in [9.17, 15) is 13.2 Å². The normalized spacial score (nSPS) is 34.7.